The summed E-state index contributed by atoms with van der Waals surface area (Å²) in [6, 6.07) is 0. The van der Waals surface area contributed by atoms with Crippen LogP contribution in [-0.4, -0.2) is 5.71 Å². The summed E-state index contributed by atoms with van der Waals surface area (Å²) < 4.78 is 0. The molecule has 0 spiro atoms. The summed E-state index contributed by atoms with van der Waals surface area (Å²) in [5.74, 6) is 0.819. The Hall–Kier alpha value is -0.850. The Morgan fingerprint density at radius 3 is 2.60 bits per heavy atom. The lowest BCUT2D eigenvalue weighted by molar-refractivity contribution is 0.982. The lowest BCUT2D eigenvalue weighted by atomic mass is 10.1. The summed E-state index contributed by atoms with van der Waals surface area (Å²) in [7, 11) is 0. The molecule has 52 valence electrons. The molecule has 0 atom stereocenters. The summed E-state index contributed by atoms with van der Waals surface area (Å²) in [5, 5.41) is 7.45. The number of hydrogen-bond acceptors (Lipinski definition) is 1. The van der Waals surface area contributed by atoms with Crippen molar-refractivity contribution in [2.24, 2.45) is 5.92 Å². The average molecular weight is 133 g/mol. The molecule has 1 saturated carbocycles. The van der Waals surface area contributed by atoms with E-state index in [0.29, 0.717) is 0 Å². The molecule has 0 unspecified atom stereocenters. The van der Waals surface area contributed by atoms with E-state index < -0.39 is 0 Å². The van der Waals surface area contributed by atoms with Gasteiger partial charge in [0, 0.05) is 12.1 Å². The van der Waals surface area contributed by atoms with Crippen molar-refractivity contribution < 1.29 is 0 Å². The summed E-state index contributed by atoms with van der Waals surface area (Å²) in [4.78, 5) is 0. The predicted octanol–water partition coefficient (Wildman–Crippen LogP) is 2.30. The maximum absolute atomic E-state index is 7.45. The lowest BCUT2D eigenvalue weighted by Crippen LogP contribution is -1.90. The molecule has 10 heavy (non-hydrogen) atoms. The van der Waals surface area contributed by atoms with Crippen LogP contribution in [0.2, 0.25) is 0 Å². The topological polar surface area (TPSA) is 23.9 Å². The molecule has 1 fully saturated rings. The predicted molar refractivity (Wildman–Crippen MR) is 42.3 cm³/mol. The van der Waals surface area contributed by atoms with Crippen LogP contribution in [0.1, 0.15) is 19.3 Å². The Morgan fingerprint density at radius 1 is 1.50 bits per heavy atom. The summed E-state index contributed by atoms with van der Waals surface area (Å²) in [6.07, 6.45) is 5.66. The van der Waals surface area contributed by atoms with Gasteiger partial charge < -0.3 is 5.41 Å². The molecule has 1 nitrogen and oxygen atoms in total. The zero-order chi connectivity index (χ0) is 7.14. The molecule has 2 aliphatic carbocycles. The van der Waals surface area contributed by atoms with E-state index in [9.17, 15) is 0 Å². The monoisotopic (exact) mass is 133 g/mol. The van der Waals surface area contributed by atoms with Crippen molar-refractivity contribution in [3.63, 3.8) is 0 Å². The second-order valence-corrected chi connectivity index (χ2v) is 3.17. The normalized spacial score (nSPS) is 25.4. The fourth-order valence-electron chi connectivity index (χ4n) is 1.40. The van der Waals surface area contributed by atoms with Crippen LogP contribution in [-0.2, 0) is 0 Å². The zero-order valence-electron chi connectivity index (χ0n) is 5.98. The molecule has 0 saturated heterocycles. The molecular weight excluding hydrogens is 122 g/mol. The van der Waals surface area contributed by atoms with E-state index in [2.05, 4.69) is 12.7 Å². The van der Waals surface area contributed by atoms with E-state index in [4.69, 9.17) is 5.41 Å². The molecule has 0 heterocycles. The maximum Gasteiger partial charge on any atom is 0.0420 e. The van der Waals surface area contributed by atoms with Gasteiger partial charge in [-0.25, -0.2) is 0 Å². The van der Waals surface area contributed by atoms with Gasteiger partial charge in [-0.05, 0) is 24.3 Å². The van der Waals surface area contributed by atoms with Gasteiger partial charge in [-0.1, -0.05) is 18.2 Å². The Morgan fingerprint density at radius 2 is 2.20 bits per heavy atom. The maximum atomic E-state index is 7.45. The highest BCUT2D eigenvalue weighted by atomic mass is 14.5. The Kier molecular flexibility index (Phi) is 1.07. The van der Waals surface area contributed by atoms with Gasteiger partial charge in [0.2, 0.25) is 0 Å². The van der Waals surface area contributed by atoms with Crippen LogP contribution in [0, 0.1) is 11.3 Å². The van der Waals surface area contributed by atoms with Crippen molar-refractivity contribution in [3.8, 4) is 0 Å². The third-order valence-electron chi connectivity index (χ3n) is 2.23. The molecule has 1 N–H and O–H groups in total. The standard InChI is InChI=1S/C9H11N/c1-6-4-8(5-9(6)10)7-2-3-7/h4,7,10H,1-3,5H2. The molecular formula is C9H11N. The second-order valence-electron chi connectivity index (χ2n) is 3.17. The molecule has 0 bridgehead atoms. The van der Waals surface area contributed by atoms with Crippen molar-refractivity contribution in [1.82, 2.24) is 0 Å². The van der Waals surface area contributed by atoms with Gasteiger partial charge >= 0.3 is 0 Å². The third kappa shape index (κ3) is 0.821. The van der Waals surface area contributed by atoms with E-state index >= 15 is 0 Å². The summed E-state index contributed by atoms with van der Waals surface area (Å²) in [6.45, 7) is 3.79. The smallest absolute Gasteiger partial charge is 0.0420 e. The fourth-order valence-corrected chi connectivity index (χ4v) is 1.40. The number of rotatable bonds is 1. The molecule has 0 aromatic rings. The highest BCUT2D eigenvalue weighted by Crippen LogP contribution is 2.41. The van der Waals surface area contributed by atoms with E-state index in [0.717, 1.165) is 23.6 Å². The third-order valence-corrected chi connectivity index (χ3v) is 2.23. The number of nitrogens with one attached hydrogen (secondary N) is 1. The van der Waals surface area contributed by atoms with Gasteiger partial charge in [0.1, 0.15) is 0 Å². The zero-order valence-corrected chi connectivity index (χ0v) is 5.98. The minimum atomic E-state index is 0.724. The fraction of sp³-hybridized carbons (Fsp3) is 0.444. The Labute approximate surface area is 61.0 Å². The Bertz CT molecular complexity index is 231. The SMILES string of the molecule is C=C1C=C(C2CC2)CC1=N. The minimum absolute atomic E-state index is 0.724. The van der Waals surface area contributed by atoms with E-state index in [1.807, 2.05) is 0 Å². The highest BCUT2D eigenvalue weighted by Gasteiger charge is 2.29. The quantitative estimate of drug-likeness (QED) is 0.567. The van der Waals surface area contributed by atoms with Crippen LogP contribution in [0.3, 0.4) is 0 Å². The van der Waals surface area contributed by atoms with Crippen LogP contribution in [0.15, 0.2) is 23.8 Å². The molecule has 0 amide bonds. The van der Waals surface area contributed by atoms with Crippen LogP contribution in [0.4, 0.5) is 0 Å². The first-order chi connectivity index (χ1) is 4.77. The molecule has 0 aromatic heterocycles. The van der Waals surface area contributed by atoms with Crippen molar-refractivity contribution in [3.05, 3.63) is 23.8 Å². The van der Waals surface area contributed by atoms with Crippen molar-refractivity contribution in [2.75, 3.05) is 0 Å². The molecule has 2 aliphatic rings. The van der Waals surface area contributed by atoms with E-state index in [-0.39, 0.29) is 0 Å². The molecule has 2 rings (SSSR count). The van der Waals surface area contributed by atoms with Crippen LogP contribution in [0.25, 0.3) is 0 Å². The largest absolute Gasteiger partial charge is 0.304 e. The van der Waals surface area contributed by atoms with E-state index in [1.165, 1.54) is 18.4 Å². The highest BCUT2D eigenvalue weighted by molar-refractivity contribution is 6.04. The molecule has 0 aromatic carbocycles. The first kappa shape index (κ1) is 5.90. The Balaban J connectivity index is 2.18. The van der Waals surface area contributed by atoms with Crippen molar-refractivity contribution in [2.45, 2.75) is 19.3 Å². The van der Waals surface area contributed by atoms with Gasteiger partial charge in [0.05, 0.1) is 0 Å². The van der Waals surface area contributed by atoms with Gasteiger partial charge in [0.15, 0.2) is 0 Å². The summed E-state index contributed by atoms with van der Waals surface area (Å²) >= 11 is 0. The van der Waals surface area contributed by atoms with Crippen LogP contribution < -0.4 is 0 Å². The lowest BCUT2D eigenvalue weighted by Gasteiger charge is -1.92. The first-order valence-corrected chi connectivity index (χ1v) is 3.74. The van der Waals surface area contributed by atoms with Crippen LogP contribution >= 0.6 is 0 Å². The number of hydrogen-bond donors (Lipinski definition) is 1. The number of allylic oxidation sites excluding steroid dienone is 3. The molecule has 0 aliphatic heterocycles. The van der Waals surface area contributed by atoms with Crippen LogP contribution in [0.5, 0.6) is 0 Å². The average Bonchev–Trinajstić information content (AvgIpc) is 2.64. The molecule has 0 radical (unpaired) electrons. The van der Waals surface area contributed by atoms with Crippen molar-refractivity contribution >= 4 is 5.71 Å². The summed E-state index contributed by atoms with van der Waals surface area (Å²) in [5.41, 5.74) is 3.11. The van der Waals surface area contributed by atoms with Gasteiger partial charge in [0.25, 0.3) is 0 Å². The van der Waals surface area contributed by atoms with Gasteiger partial charge in [-0.2, -0.15) is 0 Å². The molecule has 1 heteroatoms. The van der Waals surface area contributed by atoms with Gasteiger partial charge in [-0.15, -0.1) is 0 Å². The van der Waals surface area contributed by atoms with Crippen molar-refractivity contribution in [1.29, 1.82) is 5.41 Å². The second kappa shape index (κ2) is 1.82. The van der Waals surface area contributed by atoms with E-state index in [1.54, 1.807) is 0 Å². The van der Waals surface area contributed by atoms with Gasteiger partial charge in [-0.3, -0.25) is 0 Å². The minimum Gasteiger partial charge on any atom is -0.304 e. The first-order valence-electron chi connectivity index (χ1n) is 3.74.